The molecule has 0 aliphatic heterocycles. The number of anilines is 3. The van der Waals surface area contributed by atoms with E-state index in [2.05, 4.69) is 77.6 Å². The fourth-order valence-corrected chi connectivity index (χ4v) is 2.88. The Labute approximate surface area is 155 Å². The summed E-state index contributed by atoms with van der Waals surface area (Å²) in [5.74, 6) is 1.58. The Balaban J connectivity index is 1.81. The number of aromatic nitrogens is 2. The first-order chi connectivity index (χ1) is 12.7. The van der Waals surface area contributed by atoms with Gasteiger partial charge in [-0.2, -0.15) is 4.98 Å². The Hall–Kier alpha value is -2.88. The number of hydrogen-bond donors (Lipinski definition) is 1. The minimum atomic E-state index is 0.635. The van der Waals surface area contributed by atoms with Crippen molar-refractivity contribution in [2.75, 3.05) is 16.8 Å². The minimum Gasteiger partial charge on any atom is -0.352 e. The summed E-state index contributed by atoms with van der Waals surface area (Å²) in [4.78, 5) is 11.5. The highest BCUT2D eigenvalue weighted by Gasteiger charge is 2.10. The van der Waals surface area contributed by atoms with Crippen LogP contribution in [0.3, 0.4) is 0 Å². The number of nitrogens with zero attached hydrogens (tertiary/aromatic N) is 3. The van der Waals surface area contributed by atoms with Crippen molar-refractivity contribution in [1.82, 2.24) is 9.97 Å². The maximum Gasteiger partial charge on any atom is 0.229 e. The predicted molar refractivity (Wildman–Crippen MR) is 109 cm³/mol. The zero-order valence-corrected chi connectivity index (χ0v) is 15.7. The molecule has 1 N–H and O–H groups in total. The Morgan fingerprint density at radius 2 is 1.62 bits per heavy atom. The molecule has 4 nitrogen and oxygen atoms in total. The Morgan fingerprint density at radius 3 is 2.27 bits per heavy atom. The van der Waals surface area contributed by atoms with E-state index < -0.39 is 0 Å². The van der Waals surface area contributed by atoms with Gasteiger partial charge in [-0.3, -0.25) is 0 Å². The maximum absolute atomic E-state index is 4.74. The van der Waals surface area contributed by atoms with Gasteiger partial charge in [0.15, 0.2) is 0 Å². The van der Waals surface area contributed by atoms with Crippen LogP contribution in [0.5, 0.6) is 0 Å². The predicted octanol–water partition coefficient (Wildman–Crippen LogP) is 5.12. The van der Waals surface area contributed by atoms with Gasteiger partial charge in [-0.1, -0.05) is 49.4 Å². The molecular weight excluding hydrogens is 320 g/mol. The van der Waals surface area contributed by atoms with Crippen molar-refractivity contribution < 1.29 is 0 Å². The number of rotatable bonds is 7. The highest BCUT2D eigenvalue weighted by Crippen LogP contribution is 2.20. The lowest BCUT2D eigenvalue weighted by Gasteiger charge is -2.23. The summed E-state index contributed by atoms with van der Waals surface area (Å²) in [6.07, 6.45) is 1.04. The maximum atomic E-state index is 4.74. The van der Waals surface area contributed by atoms with Gasteiger partial charge < -0.3 is 10.2 Å². The second-order valence-corrected chi connectivity index (χ2v) is 6.37. The van der Waals surface area contributed by atoms with Gasteiger partial charge in [0, 0.05) is 30.5 Å². The zero-order chi connectivity index (χ0) is 18.4. The Kier molecular flexibility index (Phi) is 5.84. The third-order valence-corrected chi connectivity index (χ3v) is 4.38. The molecule has 2 aromatic carbocycles. The van der Waals surface area contributed by atoms with Gasteiger partial charge in [0.1, 0.15) is 5.82 Å². The molecule has 0 aliphatic carbocycles. The summed E-state index contributed by atoms with van der Waals surface area (Å²) in [7, 11) is 0. The Morgan fingerprint density at radius 1 is 0.885 bits per heavy atom. The van der Waals surface area contributed by atoms with Crippen molar-refractivity contribution in [2.24, 2.45) is 0 Å². The molecule has 1 heterocycles. The first-order valence-electron chi connectivity index (χ1n) is 9.18. The summed E-state index contributed by atoms with van der Waals surface area (Å²) < 4.78 is 0. The van der Waals surface area contributed by atoms with Crippen molar-refractivity contribution in [2.45, 2.75) is 33.7 Å². The van der Waals surface area contributed by atoms with Crippen LogP contribution in [0.1, 0.15) is 30.7 Å². The van der Waals surface area contributed by atoms with Crippen molar-refractivity contribution in [3.63, 3.8) is 0 Å². The molecule has 134 valence electrons. The number of hydrogen-bond acceptors (Lipinski definition) is 4. The lowest BCUT2D eigenvalue weighted by atomic mass is 10.1. The summed E-state index contributed by atoms with van der Waals surface area (Å²) in [5.41, 5.74) is 4.55. The van der Waals surface area contributed by atoms with Crippen LogP contribution in [0.15, 0.2) is 60.7 Å². The summed E-state index contributed by atoms with van der Waals surface area (Å²) >= 11 is 0. The van der Waals surface area contributed by atoms with Gasteiger partial charge in [0.05, 0.1) is 0 Å². The average molecular weight is 346 g/mol. The standard InChI is InChI=1S/C22H26N4/c1-4-18-11-13-20(14-12-18)24-22-23-17(3)15-21(25-22)26(5-2)16-19-9-7-6-8-10-19/h6-15H,4-5,16H2,1-3H3,(H,23,24,25). The molecule has 3 rings (SSSR count). The quantitative estimate of drug-likeness (QED) is 0.645. The third-order valence-electron chi connectivity index (χ3n) is 4.38. The molecule has 1 aromatic heterocycles. The van der Waals surface area contributed by atoms with Crippen LogP contribution in [0.2, 0.25) is 0 Å². The molecule has 0 amide bonds. The first-order valence-corrected chi connectivity index (χ1v) is 9.18. The van der Waals surface area contributed by atoms with Gasteiger partial charge in [-0.05, 0) is 43.5 Å². The molecule has 0 radical (unpaired) electrons. The van der Waals surface area contributed by atoms with Crippen molar-refractivity contribution >= 4 is 17.5 Å². The lowest BCUT2D eigenvalue weighted by molar-refractivity contribution is 0.809. The molecule has 0 atom stereocenters. The van der Waals surface area contributed by atoms with E-state index in [0.717, 1.165) is 36.7 Å². The van der Waals surface area contributed by atoms with E-state index in [1.54, 1.807) is 0 Å². The van der Waals surface area contributed by atoms with Crippen LogP contribution in [0.4, 0.5) is 17.5 Å². The molecular formula is C22H26N4. The second-order valence-electron chi connectivity index (χ2n) is 6.37. The van der Waals surface area contributed by atoms with Crippen LogP contribution in [-0.4, -0.2) is 16.5 Å². The lowest BCUT2D eigenvalue weighted by Crippen LogP contribution is -2.23. The molecule has 0 saturated heterocycles. The number of aryl methyl sites for hydroxylation is 2. The van der Waals surface area contributed by atoms with Gasteiger partial charge in [-0.25, -0.2) is 4.98 Å². The highest BCUT2D eigenvalue weighted by atomic mass is 15.2. The zero-order valence-electron chi connectivity index (χ0n) is 15.7. The SMILES string of the molecule is CCc1ccc(Nc2nc(C)cc(N(CC)Cc3ccccc3)n2)cc1. The molecule has 0 saturated carbocycles. The van der Waals surface area contributed by atoms with E-state index in [-0.39, 0.29) is 0 Å². The molecule has 0 fully saturated rings. The third kappa shape index (κ3) is 4.60. The normalized spacial score (nSPS) is 10.6. The van der Waals surface area contributed by atoms with Crippen LogP contribution in [0, 0.1) is 6.92 Å². The molecule has 26 heavy (non-hydrogen) atoms. The van der Waals surface area contributed by atoms with E-state index in [1.807, 2.05) is 19.1 Å². The van der Waals surface area contributed by atoms with Gasteiger partial charge >= 0.3 is 0 Å². The van der Waals surface area contributed by atoms with Gasteiger partial charge in [-0.15, -0.1) is 0 Å². The van der Waals surface area contributed by atoms with Crippen LogP contribution < -0.4 is 10.2 Å². The minimum absolute atomic E-state index is 0.635. The van der Waals surface area contributed by atoms with E-state index in [4.69, 9.17) is 4.98 Å². The van der Waals surface area contributed by atoms with Crippen molar-refractivity contribution in [3.05, 3.63) is 77.5 Å². The average Bonchev–Trinajstić information content (AvgIpc) is 2.67. The number of nitrogens with one attached hydrogen (secondary N) is 1. The van der Waals surface area contributed by atoms with Crippen LogP contribution >= 0.6 is 0 Å². The van der Waals surface area contributed by atoms with E-state index >= 15 is 0 Å². The largest absolute Gasteiger partial charge is 0.352 e. The molecule has 0 unspecified atom stereocenters. The van der Waals surface area contributed by atoms with E-state index in [9.17, 15) is 0 Å². The summed E-state index contributed by atoms with van der Waals surface area (Å²) in [5, 5.41) is 3.33. The fraction of sp³-hybridized carbons (Fsp3) is 0.273. The first kappa shape index (κ1) is 17.9. The van der Waals surface area contributed by atoms with Crippen LogP contribution in [0.25, 0.3) is 0 Å². The van der Waals surface area contributed by atoms with E-state index in [0.29, 0.717) is 5.95 Å². The summed E-state index contributed by atoms with van der Waals surface area (Å²) in [6.45, 7) is 8.03. The van der Waals surface area contributed by atoms with Gasteiger partial charge in [0.2, 0.25) is 5.95 Å². The smallest absolute Gasteiger partial charge is 0.229 e. The van der Waals surface area contributed by atoms with Crippen LogP contribution in [-0.2, 0) is 13.0 Å². The summed E-state index contributed by atoms with van der Waals surface area (Å²) in [6, 6.07) is 20.9. The molecule has 0 aliphatic rings. The monoisotopic (exact) mass is 346 g/mol. The van der Waals surface area contributed by atoms with Crippen molar-refractivity contribution in [3.8, 4) is 0 Å². The fourth-order valence-electron chi connectivity index (χ4n) is 2.88. The van der Waals surface area contributed by atoms with Gasteiger partial charge in [0.25, 0.3) is 0 Å². The molecule has 0 spiro atoms. The number of benzene rings is 2. The molecule has 3 aromatic rings. The molecule has 4 heteroatoms. The second kappa shape index (κ2) is 8.48. The Bertz CT molecular complexity index is 829. The molecule has 0 bridgehead atoms. The van der Waals surface area contributed by atoms with Crippen molar-refractivity contribution in [1.29, 1.82) is 0 Å². The van der Waals surface area contributed by atoms with E-state index in [1.165, 1.54) is 11.1 Å². The topological polar surface area (TPSA) is 41.1 Å². The highest BCUT2D eigenvalue weighted by molar-refractivity contribution is 5.56.